The standard InChI is InChI=1S/C35H37N5O5.C19H21N5O3/c1-43-26-10-6-24(7-11-26)21-38(31-14-18-36-23-37-31)29-20-28(30-15-19-45-30)32-34(42)39(22-25-8-12-27(44-2)13-9-25)35(40(32)33(29)41)16-4-3-5-17-35;25-17-16-12(14-5-9-27-14)10-13(22-15-4-8-20-11-21-15)18(26)24(16)19(23-17)6-2-1-3-7-19/h6-14,18,20,23,30H,3-5,15-17,19,21-22H2,1-2H3;4,8,10-11,14H,1-3,5-7,9H2,(H,23,25)(H,20,21,22). The fourth-order valence-electron chi connectivity index (χ4n) is 11.4. The first-order valence-electron chi connectivity index (χ1n) is 25.0. The number of fused-ring (bicyclic) bond motifs is 4. The number of benzene rings is 2. The Labute approximate surface area is 416 Å². The van der Waals surface area contributed by atoms with Gasteiger partial charge in [0.1, 0.15) is 69.9 Å². The molecular weight excluding hydrogens is 917 g/mol. The van der Waals surface area contributed by atoms with Gasteiger partial charge in [0.15, 0.2) is 0 Å². The van der Waals surface area contributed by atoms with Crippen molar-refractivity contribution in [2.75, 3.05) is 37.7 Å². The van der Waals surface area contributed by atoms with E-state index >= 15 is 0 Å². The van der Waals surface area contributed by atoms with Crippen LogP contribution >= 0.6 is 0 Å². The summed E-state index contributed by atoms with van der Waals surface area (Å²) in [6.07, 6.45) is 16.4. The van der Waals surface area contributed by atoms with Gasteiger partial charge in [-0.2, -0.15) is 0 Å². The Morgan fingerprint density at radius 2 is 1.29 bits per heavy atom. The zero-order valence-electron chi connectivity index (χ0n) is 40.5. The van der Waals surface area contributed by atoms with Crippen molar-refractivity contribution in [3.05, 3.63) is 152 Å². The number of ether oxygens (including phenoxy) is 4. The minimum absolute atomic E-state index is 0.120. The molecule has 4 fully saturated rings. The number of carbonyl (C=O) groups excluding carboxylic acids is 2. The van der Waals surface area contributed by atoms with Gasteiger partial charge >= 0.3 is 0 Å². The summed E-state index contributed by atoms with van der Waals surface area (Å²) in [5, 5.41) is 6.23. The fourth-order valence-corrected chi connectivity index (χ4v) is 11.4. The molecule has 2 unspecified atom stereocenters. The number of hydrogen-bond donors (Lipinski definition) is 2. The average Bonchev–Trinajstić information content (AvgIpc) is 3.79. The van der Waals surface area contributed by atoms with Gasteiger partial charge < -0.3 is 39.4 Å². The molecule has 2 saturated carbocycles. The van der Waals surface area contributed by atoms with Crippen LogP contribution in [-0.2, 0) is 33.9 Å². The third-order valence-electron chi connectivity index (χ3n) is 15.2. The van der Waals surface area contributed by atoms with Gasteiger partial charge in [-0.05, 0) is 111 Å². The average molecular weight is 975 g/mol. The minimum Gasteiger partial charge on any atom is -0.497 e. The van der Waals surface area contributed by atoms with Crippen LogP contribution in [0.1, 0.15) is 132 Å². The molecule has 0 radical (unpaired) electrons. The van der Waals surface area contributed by atoms with E-state index in [9.17, 15) is 19.2 Å². The Kier molecular flexibility index (Phi) is 12.8. The molecule has 12 rings (SSSR count). The molecule has 4 aromatic heterocycles. The normalized spacial score (nSPS) is 20.1. The minimum atomic E-state index is -0.770. The molecule has 2 atom stereocenters. The number of rotatable bonds is 12. The van der Waals surface area contributed by atoms with Crippen molar-refractivity contribution >= 4 is 34.8 Å². The molecule has 8 heterocycles. The molecule has 18 nitrogen and oxygen atoms in total. The Balaban J connectivity index is 0.000000176. The van der Waals surface area contributed by atoms with Crippen LogP contribution in [0, 0.1) is 0 Å². The van der Waals surface area contributed by atoms with Crippen molar-refractivity contribution < 1.29 is 28.5 Å². The van der Waals surface area contributed by atoms with Crippen LogP contribution in [0.25, 0.3) is 0 Å². The lowest BCUT2D eigenvalue weighted by Crippen LogP contribution is -2.51. The molecule has 6 aliphatic rings. The molecule has 18 heteroatoms. The van der Waals surface area contributed by atoms with Crippen molar-refractivity contribution in [3.8, 4) is 11.5 Å². The molecule has 372 valence electrons. The molecule has 6 aromatic rings. The van der Waals surface area contributed by atoms with Crippen LogP contribution in [-0.4, -0.2) is 73.2 Å². The number of carbonyl (C=O) groups is 2. The summed E-state index contributed by atoms with van der Waals surface area (Å²) in [5.41, 5.74) is 3.48. The zero-order valence-corrected chi connectivity index (χ0v) is 40.5. The summed E-state index contributed by atoms with van der Waals surface area (Å²) >= 11 is 0. The van der Waals surface area contributed by atoms with Crippen LogP contribution < -0.4 is 36.1 Å². The summed E-state index contributed by atoms with van der Waals surface area (Å²) in [4.78, 5) is 76.4. The van der Waals surface area contributed by atoms with E-state index in [0.717, 1.165) is 98.0 Å². The Hall–Kier alpha value is -7.44. The molecule has 2 aliphatic carbocycles. The largest absolute Gasteiger partial charge is 0.497 e. The second-order valence-electron chi connectivity index (χ2n) is 19.3. The summed E-state index contributed by atoms with van der Waals surface area (Å²) in [7, 11) is 3.28. The summed E-state index contributed by atoms with van der Waals surface area (Å²) < 4.78 is 25.9. The van der Waals surface area contributed by atoms with Crippen LogP contribution in [0.4, 0.5) is 23.0 Å². The molecule has 0 bridgehead atoms. The summed E-state index contributed by atoms with van der Waals surface area (Å²) in [6.45, 7) is 2.07. The smallest absolute Gasteiger partial charge is 0.277 e. The van der Waals surface area contributed by atoms with E-state index in [1.807, 2.05) is 69.0 Å². The Morgan fingerprint density at radius 3 is 1.86 bits per heavy atom. The number of anilines is 4. The van der Waals surface area contributed by atoms with Crippen molar-refractivity contribution in [2.45, 2.75) is 114 Å². The maximum atomic E-state index is 15.0. The summed E-state index contributed by atoms with van der Waals surface area (Å²) in [5.74, 6) is 2.35. The highest BCUT2D eigenvalue weighted by molar-refractivity contribution is 5.98. The third-order valence-corrected chi connectivity index (χ3v) is 15.2. The van der Waals surface area contributed by atoms with Gasteiger partial charge in [0.25, 0.3) is 22.9 Å². The monoisotopic (exact) mass is 974 g/mol. The van der Waals surface area contributed by atoms with Gasteiger partial charge in [-0.3, -0.25) is 28.3 Å². The highest BCUT2D eigenvalue weighted by Crippen LogP contribution is 2.48. The second-order valence-corrected chi connectivity index (χ2v) is 19.3. The Morgan fingerprint density at radius 1 is 0.694 bits per heavy atom. The van der Waals surface area contributed by atoms with Crippen LogP contribution in [0.5, 0.6) is 11.5 Å². The van der Waals surface area contributed by atoms with Crippen molar-refractivity contribution in [3.63, 3.8) is 0 Å². The first kappa shape index (κ1) is 46.9. The maximum absolute atomic E-state index is 15.0. The molecular formula is C54H58N10O8. The van der Waals surface area contributed by atoms with Crippen molar-refractivity contribution in [1.29, 1.82) is 0 Å². The van der Waals surface area contributed by atoms with E-state index < -0.39 is 11.3 Å². The number of nitrogens with one attached hydrogen (secondary N) is 2. The maximum Gasteiger partial charge on any atom is 0.277 e. The summed E-state index contributed by atoms with van der Waals surface area (Å²) in [6, 6.07) is 22.7. The third kappa shape index (κ3) is 8.44. The van der Waals surface area contributed by atoms with Crippen molar-refractivity contribution in [2.24, 2.45) is 0 Å². The first-order valence-corrected chi connectivity index (χ1v) is 25.0. The number of pyridine rings is 2. The quantitative estimate of drug-likeness (QED) is 0.120. The van der Waals surface area contributed by atoms with Crippen LogP contribution in [0.3, 0.4) is 0 Å². The van der Waals surface area contributed by atoms with Gasteiger partial charge in [-0.15, -0.1) is 0 Å². The fraction of sp³-hybridized carbons (Fsp3) is 0.407. The van der Waals surface area contributed by atoms with Gasteiger partial charge in [-0.1, -0.05) is 37.1 Å². The predicted octanol–water partition coefficient (Wildman–Crippen LogP) is 7.93. The first-order chi connectivity index (χ1) is 35.2. The van der Waals surface area contributed by atoms with Gasteiger partial charge in [0, 0.05) is 49.5 Å². The van der Waals surface area contributed by atoms with E-state index in [2.05, 4.69) is 30.6 Å². The highest BCUT2D eigenvalue weighted by atomic mass is 16.5. The molecule has 4 aliphatic heterocycles. The van der Waals surface area contributed by atoms with Gasteiger partial charge in [-0.25, -0.2) is 19.9 Å². The van der Waals surface area contributed by atoms with Crippen molar-refractivity contribution in [1.82, 2.24) is 39.3 Å². The van der Waals surface area contributed by atoms with Gasteiger partial charge in [0.05, 0.1) is 39.6 Å². The van der Waals surface area contributed by atoms with Gasteiger partial charge in [0.2, 0.25) is 0 Å². The number of methoxy groups -OCH3 is 2. The predicted molar refractivity (Wildman–Crippen MR) is 267 cm³/mol. The number of hydrogen-bond acceptors (Lipinski definition) is 14. The highest BCUT2D eigenvalue weighted by Gasteiger charge is 2.53. The second kappa shape index (κ2) is 19.6. The lowest BCUT2D eigenvalue weighted by atomic mass is 9.87. The molecule has 2 N–H and O–H groups in total. The zero-order chi connectivity index (χ0) is 49.4. The van der Waals surface area contributed by atoms with E-state index in [0.29, 0.717) is 73.5 Å². The molecule has 2 aromatic carbocycles. The number of aromatic nitrogens is 6. The molecule has 2 amide bonds. The van der Waals surface area contributed by atoms with E-state index in [4.69, 9.17) is 18.9 Å². The SMILES string of the molecule is COc1ccc(CN(c2ccncn2)c2cc(C3CCO3)c3n(c2=O)C2(CCCCC2)N(Cc2ccc(OC)cc2)C3=O)cc1.O=C1NC2(CCCCC2)n2c1c(C1CCO1)cc(Nc1ccncn1)c2=O. The van der Waals surface area contributed by atoms with E-state index in [1.165, 1.54) is 12.7 Å². The lowest BCUT2D eigenvalue weighted by Gasteiger charge is -2.43. The van der Waals surface area contributed by atoms with E-state index in [1.54, 1.807) is 49.4 Å². The number of amides is 2. The van der Waals surface area contributed by atoms with E-state index in [-0.39, 0.29) is 35.1 Å². The molecule has 72 heavy (non-hydrogen) atoms. The number of nitrogens with zero attached hydrogens (tertiary/aromatic N) is 8. The van der Waals surface area contributed by atoms with Crippen LogP contribution in [0.2, 0.25) is 0 Å². The molecule has 2 saturated heterocycles. The topological polar surface area (TPSA) is 197 Å². The Bertz CT molecular complexity index is 3070. The lowest BCUT2D eigenvalue weighted by molar-refractivity contribution is -0.0535. The molecule has 2 spiro atoms. The van der Waals surface area contributed by atoms with Crippen LogP contribution in [0.15, 0.2) is 107 Å².